The average molecular weight is 315 g/mol. The molecule has 4 heteroatoms. The lowest BCUT2D eigenvalue weighted by atomic mass is 9.83. The second-order valence-electron chi connectivity index (χ2n) is 5.29. The monoisotopic (exact) mass is 314 g/mol. The molecule has 4 unspecified atom stereocenters. The molecule has 2 aliphatic rings. The Hall–Kier alpha value is -0.450. The van der Waals surface area contributed by atoms with Crippen LogP contribution in [0, 0.1) is 11.7 Å². The molecular weight excluding hydrogens is 299 g/mol. The molecule has 0 radical (unpaired) electrons. The third-order valence-electron chi connectivity index (χ3n) is 4.08. The molecule has 0 aromatic heterocycles. The fourth-order valence-electron chi connectivity index (χ4n) is 3.14. The number of rotatable bonds is 3. The van der Waals surface area contributed by atoms with Crippen molar-refractivity contribution in [3.63, 3.8) is 0 Å². The first-order chi connectivity index (χ1) is 8.63. The molecule has 0 saturated carbocycles. The van der Waals surface area contributed by atoms with Gasteiger partial charge in [-0.05, 0) is 59.3 Å². The van der Waals surface area contributed by atoms with Crippen molar-refractivity contribution >= 4 is 15.9 Å². The Kier molecular flexibility index (Phi) is 3.43. The van der Waals surface area contributed by atoms with E-state index in [9.17, 15) is 9.50 Å². The van der Waals surface area contributed by atoms with E-state index in [0.29, 0.717) is 17.0 Å². The van der Waals surface area contributed by atoms with Gasteiger partial charge in [0.15, 0.2) is 0 Å². The summed E-state index contributed by atoms with van der Waals surface area (Å²) >= 11 is 3.17. The molecular formula is C14H16BrFO2. The first-order valence-corrected chi connectivity index (χ1v) is 7.20. The molecule has 98 valence electrons. The lowest BCUT2D eigenvalue weighted by Gasteiger charge is -2.24. The van der Waals surface area contributed by atoms with Crippen molar-refractivity contribution in [2.45, 2.75) is 44.0 Å². The fourth-order valence-corrected chi connectivity index (χ4v) is 3.57. The van der Waals surface area contributed by atoms with Crippen LogP contribution in [0.25, 0.3) is 0 Å². The smallest absolute Gasteiger partial charge is 0.137 e. The molecule has 4 atom stereocenters. The molecule has 1 aromatic rings. The third-order valence-corrected chi connectivity index (χ3v) is 4.68. The minimum absolute atomic E-state index is 0.230. The standard InChI is InChI=1S/C14H16BrFO2/c15-11-5-8(1-3-12(11)16)6-13(17)10-7-9-2-4-14(10)18-9/h1,3,5,9-10,13-14,17H,2,4,6-7H2. The highest BCUT2D eigenvalue weighted by molar-refractivity contribution is 9.10. The molecule has 2 fully saturated rings. The quantitative estimate of drug-likeness (QED) is 0.929. The fraction of sp³-hybridized carbons (Fsp3) is 0.571. The molecule has 1 aromatic carbocycles. The minimum atomic E-state index is -0.391. The first-order valence-electron chi connectivity index (χ1n) is 6.41. The molecule has 2 bridgehead atoms. The zero-order chi connectivity index (χ0) is 12.7. The van der Waals surface area contributed by atoms with Crippen LogP contribution in [0.5, 0.6) is 0 Å². The zero-order valence-corrected chi connectivity index (χ0v) is 11.6. The Bertz CT molecular complexity index is 451. The van der Waals surface area contributed by atoms with Crippen molar-refractivity contribution in [3.05, 3.63) is 34.1 Å². The van der Waals surface area contributed by atoms with Gasteiger partial charge >= 0.3 is 0 Å². The van der Waals surface area contributed by atoms with Crippen molar-refractivity contribution in [2.75, 3.05) is 0 Å². The topological polar surface area (TPSA) is 29.5 Å². The number of halogens is 2. The van der Waals surface area contributed by atoms with Crippen LogP contribution in [0.15, 0.2) is 22.7 Å². The summed E-state index contributed by atoms with van der Waals surface area (Å²) in [7, 11) is 0. The summed E-state index contributed by atoms with van der Waals surface area (Å²) in [5, 5.41) is 10.3. The van der Waals surface area contributed by atoms with E-state index in [-0.39, 0.29) is 17.8 Å². The number of ether oxygens (including phenoxy) is 1. The summed E-state index contributed by atoms with van der Waals surface area (Å²) in [6.45, 7) is 0. The number of hydrogen-bond donors (Lipinski definition) is 1. The van der Waals surface area contributed by atoms with E-state index in [0.717, 1.165) is 24.8 Å². The van der Waals surface area contributed by atoms with Crippen molar-refractivity contribution in [1.82, 2.24) is 0 Å². The summed E-state index contributed by atoms with van der Waals surface area (Å²) in [4.78, 5) is 0. The summed E-state index contributed by atoms with van der Waals surface area (Å²) in [5.41, 5.74) is 0.957. The lowest BCUT2D eigenvalue weighted by molar-refractivity contribution is 0.0431. The number of benzene rings is 1. The average Bonchev–Trinajstić information content (AvgIpc) is 2.96. The number of fused-ring (bicyclic) bond motifs is 2. The molecule has 2 nitrogen and oxygen atoms in total. The van der Waals surface area contributed by atoms with Crippen molar-refractivity contribution in [1.29, 1.82) is 0 Å². The highest BCUT2D eigenvalue weighted by atomic mass is 79.9. The van der Waals surface area contributed by atoms with Crippen molar-refractivity contribution in [3.8, 4) is 0 Å². The third kappa shape index (κ3) is 2.33. The van der Waals surface area contributed by atoms with Crippen LogP contribution in [-0.4, -0.2) is 23.4 Å². The summed E-state index contributed by atoms with van der Waals surface area (Å²) in [6, 6.07) is 4.91. The van der Waals surface area contributed by atoms with Gasteiger partial charge in [-0.2, -0.15) is 0 Å². The van der Waals surface area contributed by atoms with E-state index in [1.54, 1.807) is 12.1 Å². The molecule has 2 heterocycles. The SMILES string of the molecule is OC(Cc1ccc(F)c(Br)c1)C1CC2CCC1O2. The van der Waals surface area contributed by atoms with Gasteiger partial charge in [0.05, 0.1) is 22.8 Å². The van der Waals surface area contributed by atoms with E-state index < -0.39 is 6.10 Å². The molecule has 1 N–H and O–H groups in total. The van der Waals surface area contributed by atoms with Gasteiger partial charge < -0.3 is 9.84 Å². The Morgan fingerprint density at radius 1 is 1.44 bits per heavy atom. The van der Waals surface area contributed by atoms with Gasteiger partial charge in [0.2, 0.25) is 0 Å². The predicted octanol–water partition coefficient (Wildman–Crippen LogP) is 3.06. The molecule has 3 rings (SSSR count). The minimum Gasteiger partial charge on any atom is -0.392 e. The van der Waals surface area contributed by atoms with Crippen LogP contribution in [0.4, 0.5) is 4.39 Å². The van der Waals surface area contributed by atoms with Gasteiger partial charge in [-0.3, -0.25) is 0 Å². The van der Waals surface area contributed by atoms with Crippen LogP contribution in [0.1, 0.15) is 24.8 Å². The maximum Gasteiger partial charge on any atom is 0.137 e. The Labute approximate surface area is 114 Å². The van der Waals surface area contributed by atoms with Gasteiger partial charge in [0.25, 0.3) is 0 Å². The molecule has 2 saturated heterocycles. The van der Waals surface area contributed by atoms with Gasteiger partial charge in [0, 0.05) is 5.92 Å². The second kappa shape index (κ2) is 4.91. The van der Waals surface area contributed by atoms with Gasteiger partial charge in [-0.1, -0.05) is 6.07 Å². The normalized spacial score (nSPS) is 31.8. The van der Waals surface area contributed by atoms with E-state index in [1.165, 1.54) is 6.07 Å². The van der Waals surface area contributed by atoms with Crippen LogP contribution in [0.3, 0.4) is 0 Å². The van der Waals surface area contributed by atoms with Gasteiger partial charge in [-0.25, -0.2) is 4.39 Å². The van der Waals surface area contributed by atoms with Gasteiger partial charge in [0.1, 0.15) is 5.82 Å². The molecule has 2 aliphatic heterocycles. The second-order valence-corrected chi connectivity index (χ2v) is 6.15. The Balaban J connectivity index is 1.67. The maximum atomic E-state index is 13.1. The van der Waals surface area contributed by atoms with Gasteiger partial charge in [-0.15, -0.1) is 0 Å². The molecule has 0 amide bonds. The summed E-state index contributed by atoms with van der Waals surface area (Å²) < 4.78 is 19.3. The maximum absolute atomic E-state index is 13.1. The van der Waals surface area contributed by atoms with Crippen molar-refractivity contribution in [2.24, 2.45) is 5.92 Å². The predicted molar refractivity (Wildman–Crippen MR) is 69.8 cm³/mol. The van der Waals surface area contributed by atoms with Crippen LogP contribution in [0.2, 0.25) is 0 Å². The Morgan fingerprint density at radius 3 is 2.89 bits per heavy atom. The van der Waals surface area contributed by atoms with Crippen molar-refractivity contribution < 1.29 is 14.2 Å². The molecule has 0 spiro atoms. The van der Waals surface area contributed by atoms with E-state index in [4.69, 9.17) is 4.74 Å². The largest absolute Gasteiger partial charge is 0.392 e. The Morgan fingerprint density at radius 2 is 2.28 bits per heavy atom. The summed E-state index contributed by atoms with van der Waals surface area (Å²) in [6.07, 6.45) is 3.93. The number of aliphatic hydroxyl groups is 1. The molecule has 0 aliphatic carbocycles. The summed E-state index contributed by atoms with van der Waals surface area (Å²) in [5.74, 6) is -0.0240. The highest BCUT2D eigenvalue weighted by Gasteiger charge is 2.43. The number of hydrogen-bond acceptors (Lipinski definition) is 2. The highest BCUT2D eigenvalue weighted by Crippen LogP contribution is 2.41. The lowest BCUT2D eigenvalue weighted by Crippen LogP contribution is -2.30. The van der Waals surface area contributed by atoms with Crippen LogP contribution < -0.4 is 0 Å². The zero-order valence-electron chi connectivity index (χ0n) is 9.98. The van der Waals surface area contributed by atoms with Crippen LogP contribution in [-0.2, 0) is 11.2 Å². The van der Waals surface area contributed by atoms with E-state index in [1.807, 2.05) is 0 Å². The van der Waals surface area contributed by atoms with E-state index >= 15 is 0 Å². The first kappa shape index (κ1) is 12.6. The van der Waals surface area contributed by atoms with Crippen LogP contribution >= 0.6 is 15.9 Å². The molecule has 18 heavy (non-hydrogen) atoms. The van der Waals surface area contributed by atoms with E-state index in [2.05, 4.69) is 15.9 Å². The number of aliphatic hydroxyl groups excluding tert-OH is 1.